The van der Waals surface area contributed by atoms with Gasteiger partial charge < -0.3 is 10.6 Å². The summed E-state index contributed by atoms with van der Waals surface area (Å²) in [7, 11) is 0. The first kappa shape index (κ1) is 17.1. The van der Waals surface area contributed by atoms with E-state index in [1.807, 2.05) is 31.2 Å². The Kier molecular flexibility index (Phi) is 6.22. The highest BCUT2D eigenvalue weighted by Crippen LogP contribution is 2.17. The quantitative estimate of drug-likeness (QED) is 0.816. The largest absolute Gasteiger partial charge is 0.326 e. The SMILES string of the molecule is CCCc1nnc(NC(=O)CCC(=O)Nc2ccc(C)cc2)s1. The molecule has 2 rings (SSSR count). The number of carbonyl (C=O) groups excluding carboxylic acids is 2. The van der Waals surface area contributed by atoms with Gasteiger partial charge in [-0.15, -0.1) is 10.2 Å². The van der Waals surface area contributed by atoms with Crippen LogP contribution in [-0.2, 0) is 16.0 Å². The van der Waals surface area contributed by atoms with Crippen LogP contribution in [0.15, 0.2) is 24.3 Å². The zero-order valence-electron chi connectivity index (χ0n) is 13.3. The molecule has 7 heteroatoms. The molecule has 0 aliphatic carbocycles. The molecule has 0 fully saturated rings. The number of hydrogen-bond donors (Lipinski definition) is 2. The van der Waals surface area contributed by atoms with Crippen LogP contribution in [0.2, 0.25) is 0 Å². The fourth-order valence-corrected chi connectivity index (χ4v) is 2.75. The molecule has 1 heterocycles. The lowest BCUT2D eigenvalue weighted by Crippen LogP contribution is -2.17. The molecule has 0 aliphatic rings. The van der Waals surface area contributed by atoms with Gasteiger partial charge in [0.1, 0.15) is 5.01 Å². The Bertz CT molecular complexity index is 667. The minimum absolute atomic E-state index is 0.111. The maximum atomic E-state index is 11.8. The van der Waals surface area contributed by atoms with E-state index in [1.54, 1.807) is 0 Å². The fourth-order valence-electron chi connectivity index (χ4n) is 1.89. The maximum absolute atomic E-state index is 11.8. The van der Waals surface area contributed by atoms with E-state index in [2.05, 4.69) is 27.8 Å². The molecule has 2 aromatic rings. The molecule has 0 radical (unpaired) electrons. The number of aromatic nitrogens is 2. The van der Waals surface area contributed by atoms with Gasteiger partial charge in [0.15, 0.2) is 0 Å². The van der Waals surface area contributed by atoms with Gasteiger partial charge in [-0.2, -0.15) is 0 Å². The van der Waals surface area contributed by atoms with Crippen molar-refractivity contribution in [2.45, 2.75) is 39.5 Å². The van der Waals surface area contributed by atoms with E-state index in [0.29, 0.717) is 5.13 Å². The zero-order valence-corrected chi connectivity index (χ0v) is 14.1. The molecule has 0 unspecified atom stereocenters. The number of rotatable bonds is 7. The standard InChI is InChI=1S/C16H20N4O2S/c1-3-4-15-19-20-16(23-15)18-14(22)10-9-13(21)17-12-7-5-11(2)6-8-12/h5-8H,3-4,9-10H2,1-2H3,(H,17,21)(H,18,20,22). The second-order valence-electron chi connectivity index (χ2n) is 5.21. The summed E-state index contributed by atoms with van der Waals surface area (Å²) in [6.07, 6.45) is 2.08. The molecule has 0 spiro atoms. The van der Waals surface area contributed by atoms with Crippen molar-refractivity contribution in [2.75, 3.05) is 10.6 Å². The first-order valence-corrected chi connectivity index (χ1v) is 8.37. The summed E-state index contributed by atoms with van der Waals surface area (Å²) in [5.74, 6) is -0.420. The number of amides is 2. The highest BCUT2D eigenvalue weighted by atomic mass is 32.1. The van der Waals surface area contributed by atoms with Crippen LogP contribution in [0, 0.1) is 6.92 Å². The van der Waals surface area contributed by atoms with Gasteiger partial charge in [-0.3, -0.25) is 9.59 Å². The van der Waals surface area contributed by atoms with Crippen molar-refractivity contribution < 1.29 is 9.59 Å². The van der Waals surface area contributed by atoms with Gasteiger partial charge in [0, 0.05) is 24.9 Å². The van der Waals surface area contributed by atoms with Gasteiger partial charge in [0.05, 0.1) is 0 Å². The third-order valence-electron chi connectivity index (χ3n) is 3.09. The lowest BCUT2D eigenvalue weighted by molar-refractivity contribution is -0.121. The van der Waals surface area contributed by atoms with Gasteiger partial charge in [0.2, 0.25) is 16.9 Å². The first-order chi connectivity index (χ1) is 11.1. The molecule has 0 saturated carbocycles. The van der Waals surface area contributed by atoms with Crippen LogP contribution in [0.5, 0.6) is 0 Å². The lowest BCUT2D eigenvalue weighted by Gasteiger charge is -2.05. The summed E-state index contributed by atoms with van der Waals surface area (Å²) in [5.41, 5.74) is 1.86. The van der Waals surface area contributed by atoms with Crippen LogP contribution in [-0.4, -0.2) is 22.0 Å². The number of anilines is 2. The lowest BCUT2D eigenvalue weighted by atomic mass is 10.2. The molecular weight excluding hydrogens is 312 g/mol. The molecule has 0 aliphatic heterocycles. The summed E-state index contributed by atoms with van der Waals surface area (Å²) in [4.78, 5) is 23.7. The summed E-state index contributed by atoms with van der Waals surface area (Å²) in [5, 5.41) is 14.7. The average molecular weight is 332 g/mol. The van der Waals surface area contributed by atoms with Crippen LogP contribution in [0.25, 0.3) is 0 Å². The van der Waals surface area contributed by atoms with Crippen molar-refractivity contribution in [3.8, 4) is 0 Å². The summed E-state index contributed by atoms with van der Waals surface area (Å²) in [6.45, 7) is 4.04. The molecular formula is C16H20N4O2S. The normalized spacial score (nSPS) is 10.3. The number of hydrogen-bond acceptors (Lipinski definition) is 5. The molecule has 1 aromatic carbocycles. The smallest absolute Gasteiger partial charge is 0.226 e. The van der Waals surface area contributed by atoms with E-state index >= 15 is 0 Å². The Hall–Kier alpha value is -2.28. The predicted octanol–water partition coefficient (Wildman–Crippen LogP) is 3.16. The summed E-state index contributed by atoms with van der Waals surface area (Å²) >= 11 is 1.37. The van der Waals surface area contributed by atoms with Crippen molar-refractivity contribution in [3.05, 3.63) is 34.8 Å². The second-order valence-corrected chi connectivity index (χ2v) is 6.28. The Balaban J connectivity index is 1.74. The van der Waals surface area contributed by atoms with Crippen molar-refractivity contribution in [2.24, 2.45) is 0 Å². The highest BCUT2D eigenvalue weighted by Gasteiger charge is 2.10. The Morgan fingerprint density at radius 2 is 1.70 bits per heavy atom. The number of benzene rings is 1. The number of aryl methyl sites for hydroxylation is 2. The van der Waals surface area contributed by atoms with Crippen molar-refractivity contribution in [1.82, 2.24) is 10.2 Å². The molecule has 0 saturated heterocycles. The van der Waals surface area contributed by atoms with Crippen LogP contribution in [0.1, 0.15) is 36.8 Å². The van der Waals surface area contributed by atoms with E-state index in [9.17, 15) is 9.59 Å². The van der Waals surface area contributed by atoms with Gasteiger partial charge in [0.25, 0.3) is 0 Å². The molecule has 0 bridgehead atoms. The van der Waals surface area contributed by atoms with Crippen LogP contribution >= 0.6 is 11.3 Å². The van der Waals surface area contributed by atoms with Gasteiger partial charge in [-0.1, -0.05) is 36.0 Å². The van der Waals surface area contributed by atoms with Crippen molar-refractivity contribution in [1.29, 1.82) is 0 Å². The molecule has 122 valence electrons. The minimum atomic E-state index is -0.233. The number of nitrogens with one attached hydrogen (secondary N) is 2. The van der Waals surface area contributed by atoms with E-state index in [0.717, 1.165) is 29.1 Å². The number of nitrogens with zero attached hydrogens (tertiary/aromatic N) is 2. The maximum Gasteiger partial charge on any atom is 0.226 e. The molecule has 6 nitrogen and oxygen atoms in total. The highest BCUT2D eigenvalue weighted by molar-refractivity contribution is 7.15. The third-order valence-corrected chi connectivity index (χ3v) is 3.99. The van der Waals surface area contributed by atoms with Gasteiger partial charge in [-0.25, -0.2) is 0 Å². The molecule has 2 N–H and O–H groups in total. The summed E-state index contributed by atoms with van der Waals surface area (Å²) in [6, 6.07) is 7.52. The predicted molar refractivity (Wildman–Crippen MR) is 91.6 cm³/mol. The molecule has 2 amide bonds. The number of carbonyl (C=O) groups is 2. The zero-order chi connectivity index (χ0) is 16.7. The van der Waals surface area contributed by atoms with Gasteiger partial charge >= 0.3 is 0 Å². The molecule has 0 atom stereocenters. The van der Waals surface area contributed by atoms with Crippen LogP contribution in [0.4, 0.5) is 10.8 Å². The van der Waals surface area contributed by atoms with Crippen LogP contribution < -0.4 is 10.6 Å². The van der Waals surface area contributed by atoms with Crippen LogP contribution in [0.3, 0.4) is 0 Å². The second kappa shape index (κ2) is 8.38. The molecule has 23 heavy (non-hydrogen) atoms. The Morgan fingerprint density at radius 3 is 2.35 bits per heavy atom. The Labute approximate surface area is 139 Å². The van der Waals surface area contributed by atoms with Gasteiger partial charge in [-0.05, 0) is 25.5 Å². The van der Waals surface area contributed by atoms with Crippen molar-refractivity contribution >= 4 is 34.0 Å². The molecule has 1 aromatic heterocycles. The van der Waals surface area contributed by atoms with E-state index < -0.39 is 0 Å². The first-order valence-electron chi connectivity index (χ1n) is 7.55. The topological polar surface area (TPSA) is 84.0 Å². The fraction of sp³-hybridized carbons (Fsp3) is 0.375. The minimum Gasteiger partial charge on any atom is -0.326 e. The van der Waals surface area contributed by atoms with Crippen molar-refractivity contribution in [3.63, 3.8) is 0 Å². The van der Waals surface area contributed by atoms with E-state index in [-0.39, 0.29) is 24.7 Å². The monoisotopic (exact) mass is 332 g/mol. The Morgan fingerprint density at radius 1 is 1.04 bits per heavy atom. The summed E-state index contributed by atoms with van der Waals surface area (Å²) < 4.78 is 0. The van der Waals surface area contributed by atoms with E-state index in [4.69, 9.17) is 0 Å². The third kappa shape index (κ3) is 5.78. The van der Waals surface area contributed by atoms with E-state index in [1.165, 1.54) is 11.3 Å². The average Bonchev–Trinajstić information content (AvgIpc) is 2.95.